The van der Waals surface area contributed by atoms with Crippen molar-refractivity contribution < 1.29 is 9.53 Å². The molecule has 3 aromatic rings. The molecule has 166 valence electrons. The summed E-state index contributed by atoms with van der Waals surface area (Å²) in [6.45, 7) is 1.76. The number of hydrogen-bond donors (Lipinski definition) is 2. The highest BCUT2D eigenvalue weighted by Gasteiger charge is 2.33. The van der Waals surface area contributed by atoms with Crippen molar-refractivity contribution in [2.24, 2.45) is 0 Å². The molecule has 0 bridgehead atoms. The molecule has 2 aliphatic carbocycles. The van der Waals surface area contributed by atoms with Gasteiger partial charge in [0.25, 0.3) is 5.56 Å². The van der Waals surface area contributed by atoms with Gasteiger partial charge in [-0.25, -0.2) is 14.8 Å². The molecule has 2 heterocycles. The van der Waals surface area contributed by atoms with Crippen molar-refractivity contribution in [1.82, 2.24) is 19.5 Å². The van der Waals surface area contributed by atoms with Crippen LogP contribution in [0, 0.1) is 0 Å². The molecule has 0 radical (unpaired) electrons. The number of amides is 1. The lowest BCUT2D eigenvalue weighted by Crippen LogP contribution is -2.31. The van der Waals surface area contributed by atoms with Gasteiger partial charge >= 0.3 is 5.69 Å². The number of fused-ring (bicyclic) bond motifs is 1. The number of carbonyl (C=O) groups excluding carboxylic acids is 1. The molecule has 1 amide bonds. The van der Waals surface area contributed by atoms with Crippen molar-refractivity contribution >= 4 is 34.4 Å². The van der Waals surface area contributed by atoms with Gasteiger partial charge in [-0.3, -0.25) is 19.1 Å². The van der Waals surface area contributed by atoms with Crippen LogP contribution in [0.15, 0.2) is 38.9 Å². The highest BCUT2D eigenvalue weighted by molar-refractivity contribution is 8.00. The molecular weight excluding hydrogens is 430 g/mol. The van der Waals surface area contributed by atoms with Crippen LogP contribution in [0.1, 0.15) is 50.4 Å². The highest BCUT2D eigenvalue weighted by atomic mass is 32.2. The maximum Gasteiger partial charge on any atom is 0.330 e. The zero-order valence-corrected chi connectivity index (χ0v) is 18.6. The highest BCUT2D eigenvalue weighted by Crippen LogP contribution is 2.41. The van der Waals surface area contributed by atoms with Crippen LogP contribution in [0.4, 0.5) is 5.69 Å². The molecule has 2 N–H and O–H groups in total. The van der Waals surface area contributed by atoms with E-state index in [4.69, 9.17) is 4.74 Å². The Kier molecular flexibility index (Phi) is 5.24. The molecule has 1 aromatic carbocycles. The fourth-order valence-electron chi connectivity index (χ4n) is 3.55. The van der Waals surface area contributed by atoms with E-state index < -0.39 is 16.5 Å². The van der Waals surface area contributed by atoms with Crippen LogP contribution in [-0.4, -0.2) is 37.8 Å². The van der Waals surface area contributed by atoms with Crippen molar-refractivity contribution in [2.45, 2.75) is 54.8 Å². The van der Waals surface area contributed by atoms with E-state index in [-0.39, 0.29) is 23.3 Å². The number of aromatic amines is 1. The van der Waals surface area contributed by atoms with Gasteiger partial charge in [-0.05, 0) is 56.9 Å². The number of carbonyl (C=O) groups is 1. The molecule has 2 fully saturated rings. The molecule has 0 aliphatic heterocycles. The van der Waals surface area contributed by atoms with Crippen molar-refractivity contribution in [1.29, 1.82) is 0 Å². The Morgan fingerprint density at radius 3 is 2.53 bits per heavy atom. The number of nitrogens with zero attached hydrogens (tertiary/aromatic N) is 3. The minimum absolute atomic E-state index is 0.0532. The fourth-order valence-corrected chi connectivity index (χ4v) is 4.50. The van der Waals surface area contributed by atoms with Gasteiger partial charge < -0.3 is 10.1 Å². The Labute approximate surface area is 187 Å². The van der Waals surface area contributed by atoms with Crippen LogP contribution < -0.4 is 21.3 Å². The van der Waals surface area contributed by atoms with Crippen LogP contribution in [-0.2, 0) is 4.79 Å². The molecular formula is C22H23N5O4S. The second kappa shape index (κ2) is 8.09. The second-order valence-electron chi connectivity index (χ2n) is 8.20. The predicted octanol–water partition coefficient (Wildman–Crippen LogP) is 2.82. The normalized spacial score (nSPS) is 16.7. The van der Waals surface area contributed by atoms with Crippen molar-refractivity contribution in [2.75, 3.05) is 12.4 Å². The van der Waals surface area contributed by atoms with E-state index in [1.165, 1.54) is 11.8 Å². The number of methoxy groups -OCH3 is 1. The maximum atomic E-state index is 12.8. The van der Waals surface area contributed by atoms with Crippen LogP contribution >= 0.6 is 11.8 Å². The number of ether oxygens (including phenoxy) is 1. The Balaban J connectivity index is 1.48. The largest absolute Gasteiger partial charge is 0.497 e. The van der Waals surface area contributed by atoms with Crippen LogP contribution in [0.5, 0.6) is 5.75 Å². The Morgan fingerprint density at radius 1 is 1.19 bits per heavy atom. The summed E-state index contributed by atoms with van der Waals surface area (Å²) in [6, 6.07) is 7.11. The topological polar surface area (TPSA) is 119 Å². The first-order valence-corrected chi connectivity index (χ1v) is 11.5. The molecule has 0 saturated heterocycles. The van der Waals surface area contributed by atoms with Crippen LogP contribution in [0.25, 0.3) is 11.0 Å². The number of rotatable bonds is 7. The van der Waals surface area contributed by atoms with Gasteiger partial charge in [0.15, 0.2) is 5.65 Å². The van der Waals surface area contributed by atoms with Gasteiger partial charge in [0.2, 0.25) is 5.91 Å². The summed E-state index contributed by atoms with van der Waals surface area (Å²) in [7, 11) is 1.58. The van der Waals surface area contributed by atoms with Crippen LogP contribution in [0.3, 0.4) is 0 Å². The predicted molar refractivity (Wildman–Crippen MR) is 122 cm³/mol. The number of aromatic nitrogens is 4. The molecule has 2 aliphatic rings. The first-order chi connectivity index (χ1) is 15.4. The van der Waals surface area contributed by atoms with E-state index in [1.54, 1.807) is 42.9 Å². The molecule has 32 heavy (non-hydrogen) atoms. The standard InChI is InChI=1S/C22H23N5O4S/c1-11(19(28)23-13-5-9-15(31-2)10-6-13)32-21-16-18(24-17(25-21)12-3-4-12)27(14-7-8-14)22(30)26-20(16)29/h5-6,9-12,14H,3-4,7-8H2,1-2H3,(H,23,28)(H,26,29,30). The summed E-state index contributed by atoms with van der Waals surface area (Å²) >= 11 is 1.21. The van der Waals surface area contributed by atoms with Crippen molar-refractivity contribution in [3.63, 3.8) is 0 Å². The SMILES string of the molecule is COc1ccc(NC(=O)C(C)Sc2nc(C3CC3)nc3c2c(=O)[nH]c(=O)n3C2CC2)cc1. The lowest BCUT2D eigenvalue weighted by molar-refractivity contribution is -0.115. The molecule has 9 nitrogen and oxygen atoms in total. The number of anilines is 1. The fraction of sp³-hybridized carbons (Fsp3) is 0.409. The molecule has 2 saturated carbocycles. The van der Waals surface area contributed by atoms with Gasteiger partial charge in [0.1, 0.15) is 22.0 Å². The van der Waals surface area contributed by atoms with Crippen molar-refractivity contribution in [3.05, 3.63) is 50.9 Å². The van der Waals surface area contributed by atoms with E-state index in [2.05, 4.69) is 20.3 Å². The lowest BCUT2D eigenvalue weighted by Gasteiger charge is -2.15. The van der Waals surface area contributed by atoms with E-state index in [0.717, 1.165) is 25.7 Å². The molecule has 1 unspecified atom stereocenters. The van der Waals surface area contributed by atoms with E-state index >= 15 is 0 Å². The Bertz CT molecular complexity index is 1310. The van der Waals surface area contributed by atoms with Gasteiger partial charge in [-0.1, -0.05) is 11.8 Å². The molecule has 5 rings (SSSR count). The first-order valence-electron chi connectivity index (χ1n) is 10.6. The van der Waals surface area contributed by atoms with Gasteiger partial charge in [0.05, 0.1) is 12.4 Å². The summed E-state index contributed by atoms with van der Waals surface area (Å²) < 4.78 is 6.72. The minimum Gasteiger partial charge on any atom is -0.497 e. The third-order valence-corrected chi connectivity index (χ3v) is 6.72. The molecule has 10 heteroatoms. The van der Waals surface area contributed by atoms with Crippen LogP contribution in [0.2, 0.25) is 0 Å². The summed E-state index contributed by atoms with van der Waals surface area (Å²) in [5.74, 6) is 1.37. The molecule has 0 spiro atoms. The lowest BCUT2D eigenvalue weighted by atomic mass is 10.3. The third kappa shape index (κ3) is 4.02. The smallest absolute Gasteiger partial charge is 0.330 e. The number of nitrogens with one attached hydrogen (secondary N) is 2. The quantitative estimate of drug-likeness (QED) is 0.417. The number of thioether (sulfide) groups is 1. The van der Waals surface area contributed by atoms with Crippen molar-refractivity contribution in [3.8, 4) is 5.75 Å². The average molecular weight is 454 g/mol. The molecule has 1 atom stereocenters. The molecule has 2 aromatic heterocycles. The van der Waals surface area contributed by atoms with Gasteiger partial charge in [-0.2, -0.15) is 0 Å². The zero-order chi connectivity index (χ0) is 22.4. The third-order valence-electron chi connectivity index (χ3n) is 5.64. The van der Waals surface area contributed by atoms with E-state index in [9.17, 15) is 14.4 Å². The summed E-state index contributed by atoms with van der Waals surface area (Å²) in [4.78, 5) is 49.7. The number of hydrogen-bond acceptors (Lipinski definition) is 7. The van der Waals surface area contributed by atoms with E-state index in [0.29, 0.717) is 27.9 Å². The summed E-state index contributed by atoms with van der Waals surface area (Å²) in [6.07, 6.45) is 3.74. The maximum absolute atomic E-state index is 12.8. The average Bonchev–Trinajstić information content (AvgIpc) is 3.67. The number of H-pyrrole nitrogens is 1. The second-order valence-corrected chi connectivity index (χ2v) is 9.53. The zero-order valence-electron chi connectivity index (χ0n) is 17.8. The van der Waals surface area contributed by atoms with Gasteiger partial charge in [-0.15, -0.1) is 0 Å². The summed E-state index contributed by atoms with van der Waals surface area (Å²) in [5.41, 5.74) is 0.0690. The van der Waals surface area contributed by atoms with Gasteiger partial charge in [0, 0.05) is 17.6 Å². The van der Waals surface area contributed by atoms with E-state index in [1.807, 2.05) is 0 Å². The monoisotopic (exact) mass is 453 g/mol. The first kappa shape index (κ1) is 20.7. The minimum atomic E-state index is -0.525. The summed E-state index contributed by atoms with van der Waals surface area (Å²) in [5, 5.41) is 3.06. The Morgan fingerprint density at radius 2 is 1.91 bits per heavy atom. The Hall–Kier alpha value is -3.14. The number of benzene rings is 1.